The standard InChI is InChI=1S/C16H23N3/c1-12-7-8-19(11-15(12)17)10-13-9-18(2)16-6-4-3-5-14(13)16/h3-6,9,12,15H,7-8,10-11,17H2,1-2H3. The first-order chi connectivity index (χ1) is 9.15. The molecule has 0 spiro atoms. The Morgan fingerprint density at radius 2 is 2.11 bits per heavy atom. The zero-order valence-electron chi connectivity index (χ0n) is 11.8. The Kier molecular flexibility index (Phi) is 3.33. The van der Waals surface area contributed by atoms with E-state index in [9.17, 15) is 0 Å². The molecule has 3 heteroatoms. The van der Waals surface area contributed by atoms with E-state index in [2.05, 4.69) is 53.9 Å². The molecule has 0 saturated carbocycles. The summed E-state index contributed by atoms with van der Waals surface area (Å²) in [7, 11) is 2.12. The molecule has 3 nitrogen and oxygen atoms in total. The lowest BCUT2D eigenvalue weighted by atomic mass is 9.94. The average molecular weight is 257 g/mol. The van der Waals surface area contributed by atoms with Crippen LogP contribution in [0.1, 0.15) is 18.9 Å². The van der Waals surface area contributed by atoms with Crippen molar-refractivity contribution in [3.8, 4) is 0 Å². The molecule has 19 heavy (non-hydrogen) atoms. The maximum atomic E-state index is 6.19. The molecule has 1 saturated heterocycles. The van der Waals surface area contributed by atoms with Gasteiger partial charge in [0, 0.05) is 43.3 Å². The first-order valence-corrected chi connectivity index (χ1v) is 7.16. The van der Waals surface area contributed by atoms with Gasteiger partial charge in [-0.1, -0.05) is 25.1 Å². The second-order valence-electron chi connectivity index (χ2n) is 5.95. The molecule has 1 aliphatic rings. The van der Waals surface area contributed by atoms with E-state index in [0.717, 1.165) is 19.6 Å². The smallest absolute Gasteiger partial charge is 0.0481 e. The van der Waals surface area contributed by atoms with Crippen molar-refractivity contribution in [2.45, 2.75) is 25.9 Å². The minimum atomic E-state index is 0.323. The third-order valence-corrected chi connectivity index (χ3v) is 4.47. The van der Waals surface area contributed by atoms with Crippen molar-refractivity contribution in [2.75, 3.05) is 13.1 Å². The van der Waals surface area contributed by atoms with Gasteiger partial charge in [0.1, 0.15) is 0 Å². The molecule has 1 aromatic heterocycles. The van der Waals surface area contributed by atoms with Crippen molar-refractivity contribution in [1.29, 1.82) is 0 Å². The van der Waals surface area contributed by atoms with E-state index in [4.69, 9.17) is 5.73 Å². The number of benzene rings is 1. The fourth-order valence-corrected chi connectivity index (χ4v) is 3.11. The topological polar surface area (TPSA) is 34.2 Å². The summed E-state index contributed by atoms with van der Waals surface area (Å²) in [6, 6.07) is 8.95. The van der Waals surface area contributed by atoms with Gasteiger partial charge in [0.05, 0.1) is 0 Å². The van der Waals surface area contributed by atoms with Crippen LogP contribution in [0.15, 0.2) is 30.5 Å². The number of aryl methyl sites for hydroxylation is 1. The van der Waals surface area contributed by atoms with Gasteiger partial charge in [0.15, 0.2) is 0 Å². The van der Waals surface area contributed by atoms with Gasteiger partial charge in [-0.25, -0.2) is 0 Å². The lowest BCUT2D eigenvalue weighted by molar-refractivity contribution is 0.162. The van der Waals surface area contributed by atoms with Gasteiger partial charge in [-0.15, -0.1) is 0 Å². The highest BCUT2D eigenvalue weighted by atomic mass is 15.1. The van der Waals surface area contributed by atoms with Gasteiger partial charge in [0.2, 0.25) is 0 Å². The quantitative estimate of drug-likeness (QED) is 0.896. The Bertz CT molecular complexity index is 572. The summed E-state index contributed by atoms with van der Waals surface area (Å²) in [6.07, 6.45) is 3.47. The van der Waals surface area contributed by atoms with E-state index in [1.54, 1.807) is 0 Å². The number of hydrogen-bond donors (Lipinski definition) is 1. The van der Waals surface area contributed by atoms with Crippen LogP contribution in [0.4, 0.5) is 0 Å². The van der Waals surface area contributed by atoms with Crippen LogP contribution >= 0.6 is 0 Å². The minimum Gasteiger partial charge on any atom is -0.350 e. The highest BCUT2D eigenvalue weighted by Crippen LogP contribution is 2.24. The van der Waals surface area contributed by atoms with Crippen molar-refractivity contribution in [2.24, 2.45) is 18.7 Å². The van der Waals surface area contributed by atoms with Crippen LogP contribution in [0, 0.1) is 5.92 Å². The van der Waals surface area contributed by atoms with Crippen molar-refractivity contribution in [3.05, 3.63) is 36.0 Å². The Morgan fingerprint density at radius 3 is 2.89 bits per heavy atom. The van der Waals surface area contributed by atoms with Crippen LogP contribution in [-0.4, -0.2) is 28.6 Å². The number of fused-ring (bicyclic) bond motifs is 1. The highest BCUT2D eigenvalue weighted by Gasteiger charge is 2.23. The molecule has 0 amide bonds. The molecule has 1 aromatic carbocycles. The summed E-state index contributed by atoms with van der Waals surface area (Å²) in [5.74, 6) is 0.656. The van der Waals surface area contributed by atoms with Crippen LogP contribution in [0.25, 0.3) is 10.9 Å². The molecule has 0 radical (unpaired) electrons. The SMILES string of the molecule is CC1CCN(Cc2cn(C)c3ccccc23)CC1N. The maximum absolute atomic E-state index is 6.19. The van der Waals surface area contributed by atoms with E-state index in [1.165, 1.54) is 22.9 Å². The molecule has 102 valence electrons. The normalized spacial score (nSPS) is 25.0. The van der Waals surface area contributed by atoms with Gasteiger partial charge < -0.3 is 10.3 Å². The third kappa shape index (κ3) is 2.40. The number of para-hydroxylation sites is 1. The largest absolute Gasteiger partial charge is 0.350 e. The molecule has 2 unspecified atom stereocenters. The maximum Gasteiger partial charge on any atom is 0.0481 e. The van der Waals surface area contributed by atoms with Crippen LogP contribution in [0.2, 0.25) is 0 Å². The average Bonchev–Trinajstić information content (AvgIpc) is 2.72. The number of hydrogen-bond acceptors (Lipinski definition) is 2. The summed E-state index contributed by atoms with van der Waals surface area (Å²) < 4.78 is 2.22. The van der Waals surface area contributed by atoms with E-state index in [0.29, 0.717) is 12.0 Å². The molecule has 2 aromatic rings. The van der Waals surface area contributed by atoms with Crippen molar-refractivity contribution in [3.63, 3.8) is 0 Å². The molecular weight excluding hydrogens is 234 g/mol. The summed E-state index contributed by atoms with van der Waals surface area (Å²) in [5.41, 5.74) is 8.92. The van der Waals surface area contributed by atoms with Gasteiger partial charge >= 0.3 is 0 Å². The molecular formula is C16H23N3. The molecule has 0 aliphatic carbocycles. The summed E-state index contributed by atoms with van der Waals surface area (Å²) >= 11 is 0. The first-order valence-electron chi connectivity index (χ1n) is 7.16. The Hall–Kier alpha value is -1.32. The zero-order valence-corrected chi connectivity index (χ0v) is 11.8. The van der Waals surface area contributed by atoms with E-state index in [1.807, 2.05) is 0 Å². The number of likely N-dealkylation sites (tertiary alicyclic amines) is 1. The number of piperidine rings is 1. The summed E-state index contributed by atoms with van der Waals surface area (Å²) in [5, 5.41) is 1.37. The Balaban J connectivity index is 1.82. The highest BCUT2D eigenvalue weighted by molar-refractivity contribution is 5.83. The molecule has 2 heterocycles. The van der Waals surface area contributed by atoms with Crippen molar-refractivity contribution >= 4 is 10.9 Å². The number of aromatic nitrogens is 1. The zero-order chi connectivity index (χ0) is 13.4. The molecule has 0 bridgehead atoms. The van der Waals surface area contributed by atoms with Gasteiger partial charge in [0.25, 0.3) is 0 Å². The number of nitrogens with two attached hydrogens (primary N) is 1. The van der Waals surface area contributed by atoms with Crippen LogP contribution in [0.3, 0.4) is 0 Å². The Morgan fingerprint density at radius 1 is 1.32 bits per heavy atom. The van der Waals surface area contributed by atoms with Crippen LogP contribution in [0.5, 0.6) is 0 Å². The summed E-state index contributed by atoms with van der Waals surface area (Å²) in [6.45, 7) is 5.46. The summed E-state index contributed by atoms with van der Waals surface area (Å²) in [4.78, 5) is 2.49. The second-order valence-corrected chi connectivity index (χ2v) is 5.95. The predicted octanol–water partition coefficient (Wildman–Crippen LogP) is 2.35. The minimum absolute atomic E-state index is 0.323. The van der Waals surface area contributed by atoms with Gasteiger partial charge in [-0.3, -0.25) is 4.90 Å². The van der Waals surface area contributed by atoms with Gasteiger partial charge in [-0.05, 0) is 30.5 Å². The molecule has 3 rings (SSSR count). The molecule has 2 atom stereocenters. The fourth-order valence-electron chi connectivity index (χ4n) is 3.11. The van der Waals surface area contributed by atoms with Crippen LogP contribution in [-0.2, 0) is 13.6 Å². The van der Waals surface area contributed by atoms with Crippen molar-refractivity contribution < 1.29 is 0 Å². The van der Waals surface area contributed by atoms with Crippen molar-refractivity contribution in [1.82, 2.24) is 9.47 Å². The third-order valence-electron chi connectivity index (χ3n) is 4.47. The number of nitrogens with zero attached hydrogens (tertiary/aromatic N) is 2. The van der Waals surface area contributed by atoms with E-state index >= 15 is 0 Å². The lowest BCUT2D eigenvalue weighted by Crippen LogP contribution is -2.47. The van der Waals surface area contributed by atoms with Gasteiger partial charge in [-0.2, -0.15) is 0 Å². The number of rotatable bonds is 2. The predicted molar refractivity (Wildman–Crippen MR) is 80.0 cm³/mol. The Labute approximate surface area is 115 Å². The van der Waals surface area contributed by atoms with E-state index < -0.39 is 0 Å². The first kappa shape index (κ1) is 12.7. The lowest BCUT2D eigenvalue weighted by Gasteiger charge is -2.34. The molecule has 2 N–H and O–H groups in total. The molecule has 1 aliphatic heterocycles. The van der Waals surface area contributed by atoms with Crippen LogP contribution < -0.4 is 5.73 Å². The second kappa shape index (κ2) is 4.99. The van der Waals surface area contributed by atoms with E-state index in [-0.39, 0.29) is 0 Å². The fraction of sp³-hybridized carbons (Fsp3) is 0.500. The molecule has 1 fully saturated rings. The monoisotopic (exact) mass is 257 g/mol.